The van der Waals surface area contributed by atoms with Crippen molar-refractivity contribution >= 4 is 16.1 Å². The molecule has 2 aliphatic heterocycles. The van der Waals surface area contributed by atoms with Crippen molar-refractivity contribution in [2.75, 3.05) is 27.2 Å². The number of hydrogen-bond acceptors (Lipinski definition) is 4. The summed E-state index contributed by atoms with van der Waals surface area (Å²) in [5.41, 5.74) is -0.123. The molecule has 1 aliphatic carbocycles. The van der Waals surface area contributed by atoms with E-state index in [4.69, 9.17) is 4.74 Å². The molecule has 1 N–H and O–H groups in total. The van der Waals surface area contributed by atoms with Gasteiger partial charge in [-0.2, -0.15) is 17.4 Å². The molecule has 194 valence electrons. The van der Waals surface area contributed by atoms with Gasteiger partial charge in [0.25, 0.3) is 16.1 Å². The van der Waals surface area contributed by atoms with Gasteiger partial charge in [0.15, 0.2) is 0 Å². The quantitative estimate of drug-likeness (QED) is 0.606. The van der Waals surface area contributed by atoms with Crippen LogP contribution in [0.2, 0.25) is 0 Å². The van der Waals surface area contributed by atoms with Crippen molar-refractivity contribution in [2.45, 2.75) is 43.9 Å². The number of carbonyl (C=O) groups excluding carboxylic acids is 1. The molecule has 2 saturated heterocycles. The molecule has 7 nitrogen and oxygen atoms in total. The Labute approximate surface area is 208 Å². The topological polar surface area (TPSA) is 79.0 Å². The summed E-state index contributed by atoms with van der Waals surface area (Å²) in [5.74, 6) is -2.54. The molecular formula is C25H28F3N3O4S. The molecule has 3 atom stereocenters. The van der Waals surface area contributed by atoms with Gasteiger partial charge in [0.2, 0.25) is 0 Å². The number of likely N-dealkylation sites (tertiary alicyclic amines) is 1. The fourth-order valence-electron chi connectivity index (χ4n) is 5.22. The van der Waals surface area contributed by atoms with Crippen molar-refractivity contribution in [2.24, 2.45) is 5.41 Å². The lowest BCUT2D eigenvalue weighted by Crippen LogP contribution is -2.54. The van der Waals surface area contributed by atoms with E-state index in [1.54, 1.807) is 17.0 Å². The van der Waals surface area contributed by atoms with Crippen LogP contribution in [0, 0.1) is 22.9 Å². The Morgan fingerprint density at radius 2 is 1.83 bits per heavy atom. The van der Waals surface area contributed by atoms with Gasteiger partial charge >= 0.3 is 0 Å². The number of carbonyl (C=O) groups is 1. The number of ether oxygens (including phenoxy) is 1. The Balaban J connectivity index is 1.52. The van der Waals surface area contributed by atoms with Gasteiger partial charge in [-0.25, -0.2) is 13.2 Å². The maximum absolute atomic E-state index is 15.7. The third-order valence-electron chi connectivity index (χ3n) is 7.52. The van der Waals surface area contributed by atoms with Crippen LogP contribution >= 0.6 is 0 Å². The first-order chi connectivity index (χ1) is 17.0. The lowest BCUT2D eigenvalue weighted by molar-refractivity contribution is -0.157. The van der Waals surface area contributed by atoms with Crippen LogP contribution in [0.15, 0.2) is 36.4 Å². The second-order valence-corrected chi connectivity index (χ2v) is 12.0. The molecule has 3 aliphatic rings. The van der Waals surface area contributed by atoms with Gasteiger partial charge in [-0.05, 0) is 42.5 Å². The van der Waals surface area contributed by atoms with E-state index in [1.807, 2.05) is 0 Å². The second-order valence-electron chi connectivity index (χ2n) is 10.1. The number of nitrogens with zero attached hydrogens (tertiary/aromatic N) is 2. The Morgan fingerprint density at radius 3 is 2.39 bits per heavy atom. The summed E-state index contributed by atoms with van der Waals surface area (Å²) in [6.07, 6.45) is 1.50. The summed E-state index contributed by atoms with van der Waals surface area (Å²) in [5, 5.41) is 0. The molecule has 2 aromatic rings. The average Bonchev–Trinajstić information content (AvgIpc) is 3.48. The molecule has 2 heterocycles. The highest BCUT2D eigenvalue weighted by molar-refractivity contribution is 7.87. The largest absolute Gasteiger partial charge is 0.368 e. The standard InChI is InChI=1S/C25H28F3N3O4S/c1-30(2)36(33,34)29-23-20(31(14-25(23)7-8-25)24(32)21-6-9-35-21)12-15-4-3-5-19(22(15)28)16-10-17(26)13-18(27)11-16/h3-5,10-11,13,20-21,23,29H,6-9,12,14H2,1-2H3/t20-,21?,23+/m0/s1. The van der Waals surface area contributed by atoms with Crippen molar-refractivity contribution < 1.29 is 31.1 Å². The first kappa shape index (κ1) is 25.2. The minimum absolute atomic E-state index is 0.0238. The van der Waals surface area contributed by atoms with Gasteiger partial charge < -0.3 is 9.64 Å². The fraction of sp³-hybridized carbons (Fsp3) is 0.480. The average molecular weight is 524 g/mol. The van der Waals surface area contributed by atoms with Crippen LogP contribution in [-0.2, 0) is 26.2 Å². The molecular weight excluding hydrogens is 495 g/mol. The Hall–Kier alpha value is -2.47. The first-order valence-electron chi connectivity index (χ1n) is 11.9. The molecule has 0 bridgehead atoms. The second kappa shape index (κ2) is 9.13. The van der Waals surface area contributed by atoms with Gasteiger partial charge in [-0.1, -0.05) is 18.2 Å². The van der Waals surface area contributed by atoms with Gasteiger partial charge in [-0.3, -0.25) is 4.79 Å². The molecule has 2 aromatic carbocycles. The van der Waals surface area contributed by atoms with Crippen LogP contribution in [0.3, 0.4) is 0 Å². The smallest absolute Gasteiger partial charge is 0.279 e. The molecule has 0 aromatic heterocycles. The van der Waals surface area contributed by atoms with E-state index >= 15 is 4.39 Å². The highest BCUT2D eigenvalue weighted by Gasteiger charge is 2.62. The van der Waals surface area contributed by atoms with E-state index in [0.717, 1.165) is 29.3 Å². The fourth-order valence-corrected chi connectivity index (χ4v) is 6.16. The SMILES string of the molecule is CN(C)S(=O)(=O)N[C@@H]1[C@H](Cc2cccc(-c3cc(F)cc(F)c3)c2F)N(C(=O)C2CCO2)CC12CC2. The van der Waals surface area contributed by atoms with E-state index in [0.29, 0.717) is 25.6 Å². The lowest BCUT2D eigenvalue weighted by atomic mass is 9.91. The van der Waals surface area contributed by atoms with Crippen LogP contribution in [-0.4, -0.2) is 69.0 Å². The molecule has 1 saturated carbocycles. The minimum Gasteiger partial charge on any atom is -0.368 e. The Morgan fingerprint density at radius 1 is 1.17 bits per heavy atom. The lowest BCUT2D eigenvalue weighted by Gasteiger charge is -2.34. The Kier molecular flexibility index (Phi) is 6.39. The summed E-state index contributed by atoms with van der Waals surface area (Å²) in [4.78, 5) is 14.9. The zero-order valence-electron chi connectivity index (χ0n) is 20.0. The summed E-state index contributed by atoms with van der Waals surface area (Å²) in [6.45, 7) is 0.838. The van der Waals surface area contributed by atoms with E-state index < -0.39 is 51.3 Å². The van der Waals surface area contributed by atoms with Crippen LogP contribution < -0.4 is 4.72 Å². The number of hydrogen-bond donors (Lipinski definition) is 1. The summed E-state index contributed by atoms with van der Waals surface area (Å²) >= 11 is 0. The highest BCUT2D eigenvalue weighted by atomic mass is 32.2. The predicted molar refractivity (Wildman–Crippen MR) is 127 cm³/mol. The molecule has 3 fully saturated rings. The van der Waals surface area contributed by atoms with Crippen molar-refractivity contribution in [3.63, 3.8) is 0 Å². The number of nitrogens with one attached hydrogen (secondary N) is 1. The van der Waals surface area contributed by atoms with Gasteiger partial charge in [-0.15, -0.1) is 0 Å². The maximum atomic E-state index is 15.7. The van der Waals surface area contributed by atoms with E-state index in [9.17, 15) is 22.0 Å². The number of rotatable bonds is 7. The summed E-state index contributed by atoms with van der Waals surface area (Å²) in [7, 11) is -1.00. The molecule has 11 heteroatoms. The maximum Gasteiger partial charge on any atom is 0.279 e. The van der Waals surface area contributed by atoms with E-state index in [2.05, 4.69) is 4.72 Å². The van der Waals surface area contributed by atoms with Crippen molar-refractivity contribution in [1.82, 2.24) is 13.9 Å². The van der Waals surface area contributed by atoms with Crippen molar-refractivity contribution in [1.29, 1.82) is 0 Å². The summed E-state index contributed by atoms with van der Waals surface area (Å²) < 4.78 is 78.1. The molecule has 1 spiro atoms. The van der Waals surface area contributed by atoms with E-state index in [-0.39, 0.29) is 29.0 Å². The normalized spacial score (nSPS) is 24.8. The number of benzene rings is 2. The molecule has 1 amide bonds. The molecule has 5 rings (SSSR count). The Bertz CT molecular complexity index is 1280. The van der Waals surface area contributed by atoms with Crippen molar-refractivity contribution in [3.8, 4) is 11.1 Å². The monoisotopic (exact) mass is 523 g/mol. The molecule has 0 radical (unpaired) electrons. The zero-order valence-corrected chi connectivity index (χ0v) is 20.8. The van der Waals surface area contributed by atoms with Crippen LogP contribution in [0.25, 0.3) is 11.1 Å². The van der Waals surface area contributed by atoms with Crippen LogP contribution in [0.5, 0.6) is 0 Å². The van der Waals surface area contributed by atoms with Crippen molar-refractivity contribution in [3.05, 3.63) is 59.4 Å². The van der Waals surface area contributed by atoms with Gasteiger partial charge in [0, 0.05) is 44.1 Å². The number of amides is 1. The molecule has 1 unspecified atom stereocenters. The number of halogens is 3. The third-order valence-corrected chi connectivity index (χ3v) is 9.03. The third kappa shape index (κ3) is 4.53. The predicted octanol–water partition coefficient (Wildman–Crippen LogP) is 2.86. The van der Waals surface area contributed by atoms with E-state index in [1.165, 1.54) is 20.2 Å². The highest BCUT2D eigenvalue weighted by Crippen LogP contribution is 2.56. The van der Waals surface area contributed by atoms with Gasteiger partial charge in [0.05, 0.1) is 18.7 Å². The summed E-state index contributed by atoms with van der Waals surface area (Å²) in [6, 6.07) is 6.10. The minimum atomic E-state index is -3.83. The van der Waals surface area contributed by atoms with Crippen LogP contribution in [0.1, 0.15) is 24.8 Å². The van der Waals surface area contributed by atoms with Gasteiger partial charge in [0.1, 0.15) is 23.6 Å². The first-order valence-corrected chi connectivity index (χ1v) is 13.3. The van der Waals surface area contributed by atoms with Crippen LogP contribution in [0.4, 0.5) is 13.2 Å². The molecule has 36 heavy (non-hydrogen) atoms. The zero-order chi connectivity index (χ0) is 25.8.